The summed E-state index contributed by atoms with van der Waals surface area (Å²) in [5.74, 6) is 0.553. The molecule has 1 aliphatic carbocycles. The second kappa shape index (κ2) is 8.17. The average molecular weight is 320 g/mol. The van der Waals surface area contributed by atoms with E-state index in [1.165, 1.54) is 11.8 Å². The van der Waals surface area contributed by atoms with Crippen molar-refractivity contribution in [1.82, 2.24) is 0 Å². The summed E-state index contributed by atoms with van der Waals surface area (Å²) in [4.78, 5) is 21.5. The molecule has 0 aliphatic heterocycles. The van der Waals surface area contributed by atoms with Gasteiger partial charge in [-0.1, -0.05) is 13.8 Å². The van der Waals surface area contributed by atoms with E-state index in [9.17, 15) is 9.59 Å². The summed E-state index contributed by atoms with van der Waals surface area (Å²) in [5, 5.41) is 17.6. The van der Waals surface area contributed by atoms with Crippen LogP contribution in [0.1, 0.15) is 39.5 Å². The first-order valence-corrected chi connectivity index (χ1v) is 9.15. The molecule has 20 heavy (non-hydrogen) atoms. The van der Waals surface area contributed by atoms with Crippen molar-refractivity contribution in [3.05, 3.63) is 0 Å². The highest BCUT2D eigenvalue weighted by Crippen LogP contribution is 2.47. The maximum absolute atomic E-state index is 10.9. The van der Waals surface area contributed by atoms with Crippen molar-refractivity contribution in [2.75, 3.05) is 17.3 Å². The molecule has 6 heteroatoms. The summed E-state index contributed by atoms with van der Waals surface area (Å²) < 4.78 is 0.0103. The fourth-order valence-electron chi connectivity index (χ4n) is 2.71. The lowest BCUT2D eigenvalue weighted by atomic mass is 9.76. The third-order valence-electron chi connectivity index (χ3n) is 4.10. The highest BCUT2D eigenvalue weighted by molar-refractivity contribution is 8.01. The summed E-state index contributed by atoms with van der Waals surface area (Å²) in [5.41, 5.74) is 0. The molecule has 0 amide bonds. The number of rotatable bonds is 8. The van der Waals surface area contributed by atoms with Gasteiger partial charge in [0.2, 0.25) is 0 Å². The van der Waals surface area contributed by atoms with Crippen LogP contribution >= 0.6 is 23.5 Å². The largest absolute Gasteiger partial charge is 0.481 e. The molecular weight excluding hydrogens is 296 g/mol. The van der Waals surface area contributed by atoms with Gasteiger partial charge in [-0.15, -0.1) is 23.5 Å². The number of carboxylic acids is 2. The van der Waals surface area contributed by atoms with Crippen LogP contribution in [-0.2, 0) is 9.59 Å². The van der Waals surface area contributed by atoms with Crippen LogP contribution in [0, 0.1) is 11.8 Å². The molecule has 1 aliphatic rings. The van der Waals surface area contributed by atoms with Crippen LogP contribution in [0.25, 0.3) is 0 Å². The Bertz CT molecular complexity index is 338. The minimum absolute atomic E-state index is 0.0103. The smallest absolute Gasteiger partial charge is 0.313 e. The number of hydrogen-bond donors (Lipinski definition) is 2. The number of hydrogen-bond acceptors (Lipinski definition) is 4. The van der Waals surface area contributed by atoms with Gasteiger partial charge in [-0.25, -0.2) is 0 Å². The van der Waals surface area contributed by atoms with Gasteiger partial charge >= 0.3 is 11.9 Å². The van der Waals surface area contributed by atoms with Crippen molar-refractivity contribution < 1.29 is 19.8 Å². The molecule has 0 bridgehead atoms. The van der Waals surface area contributed by atoms with E-state index in [0.29, 0.717) is 11.8 Å². The van der Waals surface area contributed by atoms with Crippen LogP contribution in [0.4, 0.5) is 0 Å². The average Bonchev–Trinajstić information content (AvgIpc) is 2.38. The number of carboxylic acid groups (broad SMARTS) is 2. The maximum Gasteiger partial charge on any atom is 0.313 e. The number of aliphatic carboxylic acids is 2. The van der Waals surface area contributed by atoms with Crippen molar-refractivity contribution in [2.45, 2.75) is 44.3 Å². The molecule has 1 unspecified atom stereocenters. The van der Waals surface area contributed by atoms with Crippen molar-refractivity contribution in [3.63, 3.8) is 0 Å². The summed E-state index contributed by atoms with van der Waals surface area (Å²) in [6, 6.07) is 0. The fourth-order valence-corrected chi connectivity index (χ4v) is 5.08. The predicted octanol–water partition coefficient (Wildman–Crippen LogP) is 3.21. The molecule has 1 saturated carbocycles. The quantitative estimate of drug-likeness (QED) is 0.715. The number of thioether (sulfide) groups is 2. The molecule has 0 aromatic heterocycles. The van der Waals surface area contributed by atoms with E-state index in [1.54, 1.807) is 11.8 Å². The Morgan fingerprint density at radius 3 is 2.25 bits per heavy atom. The Hall–Kier alpha value is -0.360. The summed E-state index contributed by atoms with van der Waals surface area (Å²) in [6.45, 7) is 4.38. The highest BCUT2D eigenvalue weighted by atomic mass is 32.2. The normalized spacial score (nSPS) is 28.0. The molecule has 0 heterocycles. The van der Waals surface area contributed by atoms with Crippen LogP contribution < -0.4 is 0 Å². The lowest BCUT2D eigenvalue weighted by molar-refractivity contribution is -0.134. The van der Waals surface area contributed by atoms with Crippen LogP contribution in [0.5, 0.6) is 0 Å². The first kappa shape index (κ1) is 17.7. The predicted molar refractivity (Wildman–Crippen MR) is 84.6 cm³/mol. The summed E-state index contributed by atoms with van der Waals surface area (Å²) in [7, 11) is 0. The maximum atomic E-state index is 10.9. The Kier molecular flexibility index (Phi) is 7.23. The highest BCUT2D eigenvalue weighted by Gasteiger charge is 2.39. The minimum atomic E-state index is -0.785. The van der Waals surface area contributed by atoms with Gasteiger partial charge in [0, 0.05) is 4.75 Å². The van der Waals surface area contributed by atoms with Gasteiger partial charge < -0.3 is 10.2 Å². The molecule has 1 atom stereocenters. The van der Waals surface area contributed by atoms with Gasteiger partial charge in [-0.3, -0.25) is 9.59 Å². The SMILES string of the molecule is CC1CCC(SCC(=O)O)(C(C)CSCC(=O)O)CC1. The molecule has 2 N–H and O–H groups in total. The van der Waals surface area contributed by atoms with Crippen LogP contribution in [0.2, 0.25) is 0 Å². The molecule has 0 aromatic rings. The van der Waals surface area contributed by atoms with E-state index in [1.807, 2.05) is 0 Å². The molecule has 0 spiro atoms. The zero-order valence-corrected chi connectivity index (χ0v) is 13.8. The zero-order chi connectivity index (χ0) is 15.2. The Labute approximate surface area is 129 Å². The van der Waals surface area contributed by atoms with E-state index in [4.69, 9.17) is 10.2 Å². The molecule has 1 rings (SSSR count). The lowest BCUT2D eigenvalue weighted by Crippen LogP contribution is -2.39. The van der Waals surface area contributed by atoms with Gasteiger partial charge in [-0.2, -0.15) is 0 Å². The van der Waals surface area contributed by atoms with Gasteiger partial charge in [0.25, 0.3) is 0 Å². The van der Waals surface area contributed by atoms with Crippen molar-refractivity contribution in [2.24, 2.45) is 11.8 Å². The van der Waals surface area contributed by atoms with E-state index in [2.05, 4.69) is 13.8 Å². The molecule has 4 nitrogen and oxygen atoms in total. The van der Waals surface area contributed by atoms with Crippen LogP contribution in [0.15, 0.2) is 0 Å². The Morgan fingerprint density at radius 1 is 1.20 bits per heavy atom. The second-order valence-electron chi connectivity index (χ2n) is 5.74. The van der Waals surface area contributed by atoms with Crippen molar-refractivity contribution >= 4 is 35.5 Å². The number of carbonyl (C=O) groups is 2. The van der Waals surface area contributed by atoms with Gasteiger partial charge in [0.05, 0.1) is 11.5 Å². The van der Waals surface area contributed by atoms with Crippen LogP contribution in [-0.4, -0.2) is 44.2 Å². The minimum Gasteiger partial charge on any atom is -0.481 e. The van der Waals surface area contributed by atoms with E-state index >= 15 is 0 Å². The van der Waals surface area contributed by atoms with E-state index < -0.39 is 11.9 Å². The molecule has 0 aromatic carbocycles. The Morgan fingerprint density at radius 2 is 1.75 bits per heavy atom. The summed E-state index contributed by atoms with van der Waals surface area (Å²) in [6.07, 6.45) is 4.36. The Balaban J connectivity index is 2.60. The third kappa shape index (κ3) is 5.56. The second-order valence-corrected chi connectivity index (χ2v) is 8.16. The molecule has 1 fully saturated rings. The summed E-state index contributed by atoms with van der Waals surface area (Å²) >= 11 is 3.00. The molecular formula is C14H24O4S2. The van der Waals surface area contributed by atoms with Gasteiger partial charge in [-0.05, 0) is 43.3 Å². The van der Waals surface area contributed by atoms with Crippen molar-refractivity contribution in [1.29, 1.82) is 0 Å². The fraction of sp³-hybridized carbons (Fsp3) is 0.857. The topological polar surface area (TPSA) is 74.6 Å². The first-order chi connectivity index (χ1) is 9.35. The van der Waals surface area contributed by atoms with Crippen LogP contribution in [0.3, 0.4) is 0 Å². The molecule has 0 radical (unpaired) electrons. The van der Waals surface area contributed by atoms with E-state index in [0.717, 1.165) is 31.4 Å². The molecule has 116 valence electrons. The first-order valence-electron chi connectivity index (χ1n) is 7.01. The molecule has 0 saturated heterocycles. The van der Waals surface area contributed by atoms with Crippen molar-refractivity contribution in [3.8, 4) is 0 Å². The third-order valence-corrected chi connectivity index (χ3v) is 7.06. The van der Waals surface area contributed by atoms with Gasteiger partial charge in [0.15, 0.2) is 0 Å². The standard InChI is InChI=1S/C14H24O4S2/c1-10-3-5-14(6-4-10,20-9-13(17)18)11(2)7-19-8-12(15)16/h10-11H,3-9H2,1-2H3,(H,15,16)(H,17,18). The van der Waals surface area contributed by atoms with E-state index in [-0.39, 0.29) is 16.3 Å². The monoisotopic (exact) mass is 320 g/mol. The zero-order valence-electron chi connectivity index (χ0n) is 12.1. The lowest BCUT2D eigenvalue weighted by Gasteiger charge is -2.43. The van der Waals surface area contributed by atoms with Gasteiger partial charge in [0.1, 0.15) is 0 Å².